The smallest absolute Gasteiger partial charge is 0.255 e. The SMILES string of the molecule is Cc1ccc(F)c(NC(=O)c2ccc(O)c(Cl)c2)c1. The van der Waals surface area contributed by atoms with Gasteiger partial charge in [-0.15, -0.1) is 0 Å². The minimum absolute atomic E-state index is 0.0670. The number of phenolic OH excluding ortho intramolecular Hbond substituents is 1. The topological polar surface area (TPSA) is 49.3 Å². The predicted molar refractivity (Wildman–Crippen MR) is 72.2 cm³/mol. The summed E-state index contributed by atoms with van der Waals surface area (Å²) in [5, 5.41) is 11.8. The van der Waals surface area contributed by atoms with E-state index in [0.717, 1.165) is 5.56 Å². The number of aromatic hydroxyl groups is 1. The molecular weight excluding hydrogens is 269 g/mol. The lowest BCUT2D eigenvalue weighted by atomic mass is 10.1. The van der Waals surface area contributed by atoms with Crippen molar-refractivity contribution in [3.63, 3.8) is 0 Å². The summed E-state index contributed by atoms with van der Waals surface area (Å²) in [5.41, 5.74) is 1.18. The van der Waals surface area contributed by atoms with E-state index in [1.807, 2.05) is 0 Å². The van der Waals surface area contributed by atoms with Crippen LogP contribution in [0.25, 0.3) is 0 Å². The van der Waals surface area contributed by atoms with E-state index in [4.69, 9.17) is 11.6 Å². The van der Waals surface area contributed by atoms with Gasteiger partial charge in [-0.1, -0.05) is 17.7 Å². The number of nitrogens with one attached hydrogen (secondary N) is 1. The molecule has 2 aromatic rings. The molecule has 2 aromatic carbocycles. The highest BCUT2D eigenvalue weighted by Crippen LogP contribution is 2.24. The Balaban J connectivity index is 2.25. The fourth-order valence-corrected chi connectivity index (χ4v) is 1.76. The van der Waals surface area contributed by atoms with Gasteiger partial charge in [0, 0.05) is 5.56 Å². The summed E-state index contributed by atoms with van der Waals surface area (Å²) in [6.45, 7) is 1.80. The zero-order valence-corrected chi connectivity index (χ0v) is 10.8. The Kier molecular flexibility index (Phi) is 3.71. The number of anilines is 1. The third-order valence-electron chi connectivity index (χ3n) is 2.58. The Bertz CT molecular complexity index is 643. The lowest BCUT2D eigenvalue weighted by Gasteiger charge is -2.08. The van der Waals surface area contributed by atoms with Crippen LogP contribution in [0.5, 0.6) is 5.75 Å². The molecule has 3 nitrogen and oxygen atoms in total. The molecule has 0 radical (unpaired) electrons. The lowest BCUT2D eigenvalue weighted by Crippen LogP contribution is -2.13. The molecule has 98 valence electrons. The zero-order chi connectivity index (χ0) is 14.0. The van der Waals surface area contributed by atoms with Gasteiger partial charge in [0.1, 0.15) is 11.6 Å². The molecule has 2 N–H and O–H groups in total. The number of halogens is 2. The molecule has 0 fully saturated rings. The molecule has 0 spiro atoms. The van der Waals surface area contributed by atoms with Crippen LogP contribution in [0.4, 0.5) is 10.1 Å². The second kappa shape index (κ2) is 5.28. The Morgan fingerprint density at radius 2 is 2.00 bits per heavy atom. The Morgan fingerprint density at radius 3 is 2.68 bits per heavy atom. The van der Waals surface area contributed by atoms with Crippen LogP contribution in [0.2, 0.25) is 5.02 Å². The maximum atomic E-state index is 13.5. The Labute approximate surface area is 114 Å². The molecule has 0 unspecified atom stereocenters. The molecule has 0 aromatic heterocycles. The highest BCUT2D eigenvalue weighted by atomic mass is 35.5. The van der Waals surface area contributed by atoms with Gasteiger partial charge in [-0.3, -0.25) is 4.79 Å². The van der Waals surface area contributed by atoms with Gasteiger partial charge in [-0.05, 0) is 42.8 Å². The molecule has 5 heteroatoms. The fraction of sp³-hybridized carbons (Fsp3) is 0.0714. The summed E-state index contributed by atoms with van der Waals surface area (Å²) in [5.74, 6) is -1.12. The monoisotopic (exact) mass is 279 g/mol. The molecule has 0 aliphatic rings. The summed E-state index contributed by atoms with van der Waals surface area (Å²) in [6.07, 6.45) is 0. The van der Waals surface area contributed by atoms with Crippen LogP contribution in [0.3, 0.4) is 0 Å². The average molecular weight is 280 g/mol. The van der Waals surface area contributed by atoms with Crippen molar-refractivity contribution in [3.8, 4) is 5.75 Å². The molecular formula is C14H11ClFNO2. The van der Waals surface area contributed by atoms with Gasteiger partial charge in [0.25, 0.3) is 5.91 Å². The molecule has 0 atom stereocenters. The van der Waals surface area contributed by atoms with Crippen LogP contribution >= 0.6 is 11.6 Å². The minimum atomic E-state index is -0.510. The number of hydrogen-bond donors (Lipinski definition) is 2. The third-order valence-corrected chi connectivity index (χ3v) is 2.88. The van der Waals surface area contributed by atoms with Crippen molar-refractivity contribution in [1.82, 2.24) is 0 Å². The number of amides is 1. The van der Waals surface area contributed by atoms with Crippen LogP contribution in [0.1, 0.15) is 15.9 Å². The predicted octanol–water partition coefficient (Wildman–Crippen LogP) is 3.75. The third kappa shape index (κ3) is 3.03. The molecule has 0 saturated heterocycles. The number of carbonyl (C=O) groups excluding carboxylic acids is 1. The van der Waals surface area contributed by atoms with Gasteiger partial charge in [0.2, 0.25) is 0 Å². The Hall–Kier alpha value is -2.07. The van der Waals surface area contributed by atoms with Crippen molar-refractivity contribution in [2.45, 2.75) is 6.92 Å². The van der Waals surface area contributed by atoms with Crippen LogP contribution in [0, 0.1) is 12.7 Å². The molecule has 0 aliphatic heterocycles. The maximum Gasteiger partial charge on any atom is 0.255 e. The van der Waals surface area contributed by atoms with E-state index in [2.05, 4.69) is 5.32 Å². The summed E-state index contributed by atoms with van der Waals surface area (Å²) < 4.78 is 13.5. The van der Waals surface area contributed by atoms with Gasteiger partial charge in [-0.2, -0.15) is 0 Å². The van der Waals surface area contributed by atoms with Crippen LogP contribution in [-0.4, -0.2) is 11.0 Å². The quantitative estimate of drug-likeness (QED) is 0.880. The molecule has 2 rings (SSSR count). The maximum absolute atomic E-state index is 13.5. The normalized spacial score (nSPS) is 10.3. The molecule has 19 heavy (non-hydrogen) atoms. The van der Waals surface area contributed by atoms with Crippen molar-refractivity contribution < 1.29 is 14.3 Å². The van der Waals surface area contributed by atoms with E-state index in [9.17, 15) is 14.3 Å². The molecule has 0 heterocycles. The van der Waals surface area contributed by atoms with E-state index < -0.39 is 11.7 Å². The molecule has 0 bridgehead atoms. The number of aryl methyl sites for hydroxylation is 1. The van der Waals surface area contributed by atoms with Gasteiger partial charge in [-0.25, -0.2) is 4.39 Å². The number of hydrogen-bond acceptors (Lipinski definition) is 2. The second-order valence-corrected chi connectivity index (χ2v) is 4.51. The van der Waals surface area contributed by atoms with E-state index in [1.165, 1.54) is 30.3 Å². The average Bonchev–Trinajstić information content (AvgIpc) is 2.37. The second-order valence-electron chi connectivity index (χ2n) is 4.10. The first-order valence-electron chi connectivity index (χ1n) is 5.53. The standard InChI is InChI=1S/C14H11ClFNO2/c1-8-2-4-11(16)12(6-8)17-14(19)9-3-5-13(18)10(15)7-9/h2-7,18H,1H3,(H,17,19). The fourth-order valence-electron chi connectivity index (χ4n) is 1.58. The van der Waals surface area contributed by atoms with E-state index in [0.29, 0.717) is 0 Å². The van der Waals surface area contributed by atoms with Crippen molar-refractivity contribution in [3.05, 3.63) is 58.4 Å². The van der Waals surface area contributed by atoms with Crippen LogP contribution < -0.4 is 5.32 Å². The number of rotatable bonds is 2. The van der Waals surface area contributed by atoms with Crippen LogP contribution in [-0.2, 0) is 0 Å². The highest BCUT2D eigenvalue weighted by molar-refractivity contribution is 6.32. The summed E-state index contributed by atoms with van der Waals surface area (Å²) >= 11 is 5.71. The zero-order valence-electron chi connectivity index (χ0n) is 10.1. The number of phenols is 1. The van der Waals surface area contributed by atoms with E-state index >= 15 is 0 Å². The number of carbonyl (C=O) groups is 1. The molecule has 1 amide bonds. The van der Waals surface area contributed by atoms with Crippen molar-refractivity contribution >= 4 is 23.2 Å². The lowest BCUT2D eigenvalue weighted by molar-refractivity contribution is 0.102. The van der Waals surface area contributed by atoms with E-state index in [-0.39, 0.29) is 22.0 Å². The summed E-state index contributed by atoms with van der Waals surface area (Å²) in [4.78, 5) is 11.9. The number of benzene rings is 2. The van der Waals surface area contributed by atoms with Crippen molar-refractivity contribution in [2.24, 2.45) is 0 Å². The molecule has 0 aliphatic carbocycles. The Morgan fingerprint density at radius 1 is 1.26 bits per heavy atom. The summed E-state index contributed by atoms with van der Waals surface area (Å²) in [6, 6.07) is 8.47. The molecule has 0 saturated carbocycles. The van der Waals surface area contributed by atoms with Gasteiger partial charge < -0.3 is 10.4 Å². The van der Waals surface area contributed by atoms with Gasteiger partial charge in [0.05, 0.1) is 10.7 Å². The first-order valence-corrected chi connectivity index (χ1v) is 5.91. The largest absolute Gasteiger partial charge is 0.506 e. The van der Waals surface area contributed by atoms with Crippen molar-refractivity contribution in [1.29, 1.82) is 0 Å². The van der Waals surface area contributed by atoms with E-state index in [1.54, 1.807) is 13.0 Å². The van der Waals surface area contributed by atoms with Crippen LogP contribution in [0.15, 0.2) is 36.4 Å². The van der Waals surface area contributed by atoms with Gasteiger partial charge >= 0.3 is 0 Å². The first-order chi connectivity index (χ1) is 8.97. The van der Waals surface area contributed by atoms with Crippen molar-refractivity contribution in [2.75, 3.05) is 5.32 Å². The highest BCUT2D eigenvalue weighted by Gasteiger charge is 2.11. The summed E-state index contributed by atoms with van der Waals surface area (Å²) in [7, 11) is 0. The first kappa shape index (κ1) is 13.4. The van der Waals surface area contributed by atoms with Gasteiger partial charge in [0.15, 0.2) is 0 Å². The minimum Gasteiger partial charge on any atom is -0.506 e.